The van der Waals surface area contributed by atoms with E-state index in [2.05, 4.69) is 5.32 Å². The molecule has 1 aliphatic rings. The van der Waals surface area contributed by atoms with Gasteiger partial charge in [0.15, 0.2) is 0 Å². The molecule has 2 rings (SSSR count). The van der Waals surface area contributed by atoms with E-state index >= 15 is 0 Å². The lowest BCUT2D eigenvalue weighted by Crippen LogP contribution is -2.40. The summed E-state index contributed by atoms with van der Waals surface area (Å²) in [4.78, 5) is 23.6. The Labute approximate surface area is 119 Å². The van der Waals surface area contributed by atoms with Crippen LogP contribution in [0, 0.1) is 11.8 Å². The van der Waals surface area contributed by atoms with Crippen LogP contribution in [0.1, 0.15) is 44.2 Å². The number of hydrogen-bond donors (Lipinski definition) is 2. The van der Waals surface area contributed by atoms with Crippen LogP contribution in [0.15, 0.2) is 30.3 Å². The summed E-state index contributed by atoms with van der Waals surface area (Å²) < 4.78 is 0. The Morgan fingerprint density at radius 2 is 1.75 bits per heavy atom. The highest BCUT2D eigenvalue weighted by atomic mass is 16.4. The second-order valence-electron chi connectivity index (χ2n) is 5.48. The van der Waals surface area contributed by atoms with Crippen LogP contribution < -0.4 is 5.32 Å². The van der Waals surface area contributed by atoms with E-state index < -0.39 is 17.8 Å². The van der Waals surface area contributed by atoms with Gasteiger partial charge in [-0.1, -0.05) is 43.2 Å². The van der Waals surface area contributed by atoms with Crippen molar-refractivity contribution in [3.05, 3.63) is 35.9 Å². The normalized spacial score (nSPS) is 23.9. The largest absolute Gasteiger partial charge is 0.481 e. The Hall–Kier alpha value is -1.84. The zero-order valence-electron chi connectivity index (χ0n) is 11.7. The topological polar surface area (TPSA) is 66.4 Å². The third-order valence-electron chi connectivity index (χ3n) is 4.08. The third-order valence-corrected chi connectivity index (χ3v) is 4.08. The summed E-state index contributed by atoms with van der Waals surface area (Å²) in [7, 11) is 0. The first-order chi connectivity index (χ1) is 9.59. The van der Waals surface area contributed by atoms with Crippen LogP contribution in [0.5, 0.6) is 0 Å². The van der Waals surface area contributed by atoms with Crippen LogP contribution >= 0.6 is 0 Å². The summed E-state index contributed by atoms with van der Waals surface area (Å²) in [6.07, 6.45) is 3.11. The molecule has 2 N–H and O–H groups in total. The standard InChI is InChI=1S/C16H21NO3/c1-11(12-7-3-2-4-8-12)17-15(18)13-9-5-6-10-14(13)16(19)20/h2-4,7-8,11,13-14H,5-6,9-10H2,1H3,(H,17,18)(H,19,20)/t11?,13-,14+/m1/s1. The maximum absolute atomic E-state index is 12.3. The second kappa shape index (κ2) is 6.55. The quantitative estimate of drug-likeness (QED) is 0.888. The number of rotatable bonds is 4. The van der Waals surface area contributed by atoms with Crippen molar-refractivity contribution in [2.45, 2.75) is 38.6 Å². The van der Waals surface area contributed by atoms with Crippen LogP contribution in [-0.4, -0.2) is 17.0 Å². The van der Waals surface area contributed by atoms with Gasteiger partial charge in [-0.25, -0.2) is 0 Å². The second-order valence-corrected chi connectivity index (χ2v) is 5.48. The van der Waals surface area contributed by atoms with Crippen LogP contribution in [0.4, 0.5) is 0 Å². The lowest BCUT2D eigenvalue weighted by molar-refractivity contribution is -0.149. The lowest BCUT2D eigenvalue weighted by atomic mass is 9.78. The summed E-state index contributed by atoms with van der Waals surface area (Å²) in [5.41, 5.74) is 1.03. The van der Waals surface area contributed by atoms with Gasteiger partial charge in [-0.2, -0.15) is 0 Å². The molecule has 1 aromatic rings. The molecule has 1 aromatic carbocycles. The molecule has 1 amide bonds. The van der Waals surface area contributed by atoms with Crippen molar-refractivity contribution >= 4 is 11.9 Å². The smallest absolute Gasteiger partial charge is 0.307 e. The number of carbonyl (C=O) groups excluding carboxylic acids is 1. The van der Waals surface area contributed by atoms with Gasteiger partial charge in [-0.15, -0.1) is 0 Å². The van der Waals surface area contributed by atoms with Gasteiger partial charge < -0.3 is 10.4 Å². The maximum atomic E-state index is 12.3. The molecule has 0 bridgehead atoms. The van der Waals surface area contributed by atoms with Crippen molar-refractivity contribution in [3.8, 4) is 0 Å². The molecule has 1 aliphatic carbocycles. The minimum atomic E-state index is -0.850. The fraction of sp³-hybridized carbons (Fsp3) is 0.500. The monoisotopic (exact) mass is 275 g/mol. The number of carbonyl (C=O) groups is 2. The average Bonchev–Trinajstić information content (AvgIpc) is 2.48. The Kier molecular flexibility index (Phi) is 4.77. The number of benzene rings is 1. The minimum Gasteiger partial charge on any atom is -0.481 e. The molecular weight excluding hydrogens is 254 g/mol. The molecule has 3 atom stereocenters. The van der Waals surface area contributed by atoms with E-state index in [1.807, 2.05) is 37.3 Å². The molecule has 1 saturated carbocycles. The number of amides is 1. The summed E-state index contributed by atoms with van der Waals surface area (Å²) in [6, 6.07) is 9.61. The Balaban J connectivity index is 2.01. The fourth-order valence-corrected chi connectivity index (χ4v) is 2.89. The highest BCUT2D eigenvalue weighted by Gasteiger charge is 2.36. The van der Waals surface area contributed by atoms with Crippen molar-refractivity contribution in [1.29, 1.82) is 0 Å². The van der Waals surface area contributed by atoms with Gasteiger partial charge in [0, 0.05) is 0 Å². The maximum Gasteiger partial charge on any atom is 0.307 e. The molecule has 0 spiro atoms. The summed E-state index contributed by atoms with van der Waals surface area (Å²) >= 11 is 0. The predicted molar refractivity (Wildman–Crippen MR) is 76.1 cm³/mol. The summed E-state index contributed by atoms with van der Waals surface area (Å²) in [5.74, 6) is -1.91. The highest BCUT2D eigenvalue weighted by molar-refractivity contribution is 5.85. The van der Waals surface area contributed by atoms with E-state index in [-0.39, 0.29) is 11.9 Å². The van der Waals surface area contributed by atoms with E-state index in [0.717, 1.165) is 18.4 Å². The molecule has 4 nitrogen and oxygen atoms in total. The van der Waals surface area contributed by atoms with Crippen LogP contribution in [0.3, 0.4) is 0 Å². The van der Waals surface area contributed by atoms with Crippen LogP contribution in [0.25, 0.3) is 0 Å². The van der Waals surface area contributed by atoms with E-state index in [1.165, 1.54) is 0 Å². The average molecular weight is 275 g/mol. The molecular formula is C16H21NO3. The van der Waals surface area contributed by atoms with Gasteiger partial charge in [0.1, 0.15) is 0 Å². The van der Waals surface area contributed by atoms with E-state index in [1.54, 1.807) is 0 Å². The fourth-order valence-electron chi connectivity index (χ4n) is 2.89. The number of aliphatic carboxylic acids is 1. The molecule has 0 saturated heterocycles. The van der Waals surface area contributed by atoms with Gasteiger partial charge in [-0.3, -0.25) is 9.59 Å². The molecule has 20 heavy (non-hydrogen) atoms. The molecule has 1 unspecified atom stereocenters. The molecule has 108 valence electrons. The van der Waals surface area contributed by atoms with Gasteiger partial charge in [0.25, 0.3) is 0 Å². The highest BCUT2D eigenvalue weighted by Crippen LogP contribution is 2.31. The third kappa shape index (κ3) is 3.38. The molecule has 0 heterocycles. The Morgan fingerprint density at radius 1 is 1.15 bits per heavy atom. The van der Waals surface area contributed by atoms with Crippen molar-refractivity contribution < 1.29 is 14.7 Å². The van der Waals surface area contributed by atoms with Gasteiger partial charge in [0.2, 0.25) is 5.91 Å². The van der Waals surface area contributed by atoms with Crippen LogP contribution in [0.2, 0.25) is 0 Å². The SMILES string of the molecule is CC(NC(=O)[C@@H]1CCCC[C@@H]1C(=O)O)c1ccccc1. The molecule has 0 aliphatic heterocycles. The zero-order chi connectivity index (χ0) is 14.5. The number of hydrogen-bond acceptors (Lipinski definition) is 2. The Morgan fingerprint density at radius 3 is 2.35 bits per heavy atom. The summed E-state index contributed by atoms with van der Waals surface area (Å²) in [6.45, 7) is 1.92. The van der Waals surface area contributed by atoms with Crippen molar-refractivity contribution in [2.75, 3.05) is 0 Å². The summed E-state index contributed by atoms with van der Waals surface area (Å²) in [5, 5.41) is 12.2. The van der Waals surface area contributed by atoms with Gasteiger partial charge >= 0.3 is 5.97 Å². The number of nitrogens with one attached hydrogen (secondary N) is 1. The first kappa shape index (κ1) is 14.6. The van der Waals surface area contributed by atoms with E-state index in [9.17, 15) is 14.7 Å². The minimum absolute atomic E-state index is 0.0972. The number of carboxylic acid groups (broad SMARTS) is 1. The number of carboxylic acids is 1. The van der Waals surface area contributed by atoms with E-state index in [0.29, 0.717) is 12.8 Å². The van der Waals surface area contributed by atoms with Crippen molar-refractivity contribution in [3.63, 3.8) is 0 Å². The van der Waals surface area contributed by atoms with Crippen molar-refractivity contribution in [2.24, 2.45) is 11.8 Å². The van der Waals surface area contributed by atoms with Gasteiger partial charge in [0.05, 0.1) is 17.9 Å². The van der Waals surface area contributed by atoms with Crippen LogP contribution in [-0.2, 0) is 9.59 Å². The molecule has 4 heteroatoms. The Bertz CT molecular complexity index is 472. The zero-order valence-corrected chi connectivity index (χ0v) is 11.7. The van der Waals surface area contributed by atoms with Gasteiger partial charge in [-0.05, 0) is 25.3 Å². The van der Waals surface area contributed by atoms with Crippen molar-refractivity contribution in [1.82, 2.24) is 5.32 Å². The molecule has 0 aromatic heterocycles. The molecule has 1 fully saturated rings. The molecule has 0 radical (unpaired) electrons. The predicted octanol–water partition coefficient (Wildman–Crippen LogP) is 2.75. The lowest BCUT2D eigenvalue weighted by Gasteiger charge is -2.28. The van der Waals surface area contributed by atoms with E-state index in [4.69, 9.17) is 0 Å². The first-order valence-corrected chi connectivity index (χ1v) is 7.17. The first-order valence-electron chi connectivity index (χ1n) is 7.17.